The molecule has 3 atom stereocenters. The van der Waals surface area contributed by atoms with Crippen LogP contribution in [-0.4, -0.2) is 61.8 Å². The van der Waals surface area contributed by atoms with Gasteiger partial charge in [0.15, 0.2) is 0 Å². The third-order valence-electron chi connectivity index (χ3n) is 4.13. The highest BCUT2D eigenvalue weighted by atomic mass is 16.5. The quantitative estimate of drug-likeness (QED) is 0.678. The summed E-state index contributed by atoms with van der Waals surface area (Å²) in [6, 6.07) is 8.08. The highest BCUT2D eigenvalue weighted by molar-refractivity contribution is 5.31. The van der Waals surface area contributed by atoms with Crippen LogP contribution in [0, 0.1) is 23.7 Å². The monoisotopic (exact) mass is 310 g/mol. The van der Waals surface area contributed by atoms with Crippen molar-refractivity contribution in [1.29, 1.82) is 0 Å². The van der Waals surface area contributed by atoms with Crippen molar-refractivity contribution in [2.75, 3.05) is 45.9 Å². The molecule has 5 heterocycles. The van der Waals surface area contributed by atoms with E-state index in [9.17, 15) is 0 Å². The van der Waals surface area contributed by atoms with Crippen LogP contribution in [-0.2, 0) is 0 Å². The van der Waals surface area contributed by atoms with Gasteiger partial charge in [0.25, 0.3) is 0 Å². The molecule has 23 heavy (non-hydrogen) atoms. The maximum atomic E-state index is 5.63. The molecule has 3 unspecified atom stereocenters. The maximum Gasteiger partial charge on any atom is 0.149 e. The average Bonchev–Trinajstić information content (AvgIpc) is 2.56. The zero-order valence-corrected chi connectivity index (χ0v) is 13.5. The van der Waals surface area contributed by atoms with Gasteiger partial charge in [0, 0.05) is 25.7 Å². The van der Waals surface area contributed by atoms with Crippen LogP contribution in [0.4, 0.5) is 0 Å². The van der Waals surface area contributed by atoms with E-state index in [4.69, 9.17) is 9.47 Å². The van der Waals surface area contributed by atoms with Crippen molar-refractivity contribution in [3.8, 4) is 35.2 Å². The first-order valence-corrected chi connectivity index (χ1v) is 8.05. The van der Waals surface area contributed by atoms with Crippen LogP contribution in [0.2, 0.25) is 0 Å². The summed E-state index contributed by atoms with van der Waals surface area (Å²) in [4.78, 5) is 4.81. The highest BCUT2D eigenvalue weighted by Crippen LogP contribution is 2.17. The highest BCUT2D eigenvalue weighted by Gasteiger charge is 2.21. The standard InChI is InChI=1S/C19H22N2O2/c1-17-16-20-10-2-4-14-22-18-6-8-19(9-7-18)23-15-5-3-11-21(17)13-12-20/h6-9,17H,10-16H2,1H3. The van der Waals surface area contributed by atoms with Crippen LogP contribution in [0.15, 0.2) is 24.3 Å². The number of hydrogen-bond donors (Lipinski definition) is 0. The Bertz CT molecular complexity index is 633. The number of benzene rings is 1. The number of nitrogens with zero attached hydrogens (tertiary/aromatic N) is 2. The molecule has 1 fully saturated rings. The number of rotatable bonds is 0. The van der Waals surface area contributed by atoms with Gasteiger partial charge in [0.1, 0.15) is 24.7 Å². The van der Waals surface area contributed by atoms with Gasteiger partial charge in [-0.15, -0.1) is 0 Å². The molecule has 4 bridgehead atoms. The minimum Gasteiger partial charge on any atom is -0.481 e. The fourth-order valence-corrected chi connectivity index (χ4v) is 2.75. The molecule has 4 heteroatoms. The summed E-state index contributed by atoms with van der Waals surface area (Å²) in [6.45, 7) is 7.81. The molecule has 6 rings (SSSR count). The van der Waals surface area contributed by atoms with Crippen molar-refractivity contribution in [3.05, 3.63) is 24.3 Å². The van der Waals surface area contributed by atoms with Crippen molar-refractivity contribution >= 4 is 0 Å². The average molecular weight is 310 g/mol. The predicted molar refractivity (Wildman–Crippen MR) is 90.5 cm³/mol. The largest absolute Gasteiger partial charge is 0.481 e. The van der Waals surface area contributed by atoms with Crippen LogP contribution < -0.4 is 9.47 Å². The molecule has 5 aliphatic heterocycles. The maximum absolute atomic E-state index is 5.63. The fourth-order valence-electron chi connectivity index (χ4n) is 2.75. The third-order valence-corrected chi connectivity index (χ3v) is 4.13. The lowest BCUT2D eigenvalue weighted by molar-refractivity contribution is 0.105. The SMILES string of the molecule is CC1CN2CC#CCOc3ccc(cc3)OCC#CCN1CC2. The molecule has 0 aromatic heterocycles. The molecule has 5 aliphatic rings. The van der Waals surface area contributed by atoms with Crippen molar-refractivity contribution in [2.45, 2.75) is 13.0 Å². The lowest BCUT2D eigenvalue weighted by atomic mass is 10.2. The van der Waals surface area contributed by atoms with Crippen molar-refractivity contribution in [1.82, 2.24) is 9.80 Å². The van der Waals surface area contributed by atoms with E-state index < -0.39 is 0 Å². The molecule has 0 radical (unpaired) electrons. The molecular formula is C19H22N2O2. The van der Waals surface area contributed by atoms with Gasteiger partial charge in [-0.25, -0.2) is 0 Å². The second-order valence-corrected chi connectivity index (χ2v) is 5.81. The third kappa shape index (κ3) is 4.66. The molecular weight excluding hydrogens is 288 g/mol. The lowest BCUT2D eigenvalue weighted by Crippen LogP contribution is -2.51. The van der Waals surface area contributed by atoms with Gasteiger partial charge in [-0.1, -0.05) is 23.7 Å². The summed E-state index contributed by atoms with van der Waals surface area (Å²) < 4.78 is 11.2. The van der Waals surface area contributed by atoms with Crippen molar-refractivity contribution < 1.29 is 9.47 Å². The molecule has 120 valence electrons. The van der Waals surface area contributed by atoms with Crippen LogP contribution in [0.1, 0.15) is 6.92 Å². The minimum absolute atomic E-state index is 0.417. The summed E-state index contributed by atoms with van der Waals surface area (Å²) in [6.07, 6.45) is 0. The van der Waals surface area contributed by atoms with E-state index in [1.807, 2.05) is 24.3 Å². The second-order valence-electron chi connectivity index (χ2n) is 5.81. The van der Waals surface area contributed by atoms with E-state index in [-0.39, 0.29) is 0 Å². The van der Waals surface area contributed by atoms with Crippen LogP contribution in [0.5, 0.6) is 11.5 Å². The summed E-state index contributed by atoms with van der Waals surface area (Å²) in [5, 5.41) is 0. The summed E-state index contributed by atoms with van der Waals surface area (Å²) in [5.74, 6) is 14.2. The van der Waals surface area contributed by atoms with Gasteiger partial charge in [-0.3, -0.25) is 9.80 Å². The number of piperazine rings is 1. The lowest BCUT2D eigenvalue weighted by Gasteiger charge is -2.38. The van der Waals surface area contributed by atoms with E-state index >= 15 is 0 Å². The van der Waals surface area contributed by atoms with Gasteiger partial charge >= 0.3 is 0 Å². The Hall–Kier alpha value is -2.14. The Morgan fingerprint density at radius 3 is 2.09 bits per heavy atom. The first-order chi connectivity index (χ1) is 11.3. The number of ether oxygens (including phenoxy) is 2. The molecule has 0 amide bonds. The Labute approximate surface area is 138 Å². The molecule has 0 N–H and O–H groups in total. The van der Waals surface area contributed by atoms with E-state index in [1.165, 1.54) is 0 Å². The minimum atomic E-state index is 0.417. The van der Waals surface area contributed by atoms with Gasteiger partial charge in [-0.05, 0) is 31.2 Å². The van der Waals surface area contributed by atoms with E-state index in [0.717, 1.165) is 44.2 Å². The van der Waals surface area contributed by atoms with Crippen molar-refractivity contribution in [2.24, 2.45) is 0 Å². The molecule has 1 aromatic rings. The smallest absolute Gasteiger partial charge is 0.149 e. The first-order valence-electron chi connectivity index (χ1n) is 8.05. The normalized spacial score (nSPS) is 27.3. The van der Waals surface area contributed by atoms with Crippen LogP contribution in [0.25, 0.3) is 0 Å². The Balaban J connectivity index is 1.69. The molecule has 0 aliphatic carbocycles. The Morgan fingerprint density at radius 1 is 0.870 bits per heavy atom. The van der Waals surface area contributed by atoms with E-state index in [0.29, 0.717) is 19.3 Å². The van der Waals surface area contributed by atoms with E-state index in [1.54, 1.807) is 0 Å². The summed E-state index contributed by atoms with van der Waals surface area (Å²) in [7, 11) is 0. The van der Waals surface area contributed by atoms with Gasteiger partial charge in [0.2, 0.25) is 0 Å². The Morgan fingerprint density at radius 2 is 1.48 bits per heavy atom. The Kier molecular flexibility index (Phi) is 5.42. The fraction of sp³-hybridized carbons (Fsp3) is 0.474. The molecule has 1 saturated heterocycles. The van der Waals surface area contributed by atoms with Gasteiger partial charge in [0.05, 0.1) is 13.1 Å². The molecule has 4 nitrogen and oxygen atoms in total. The van der Waals surface area contributed by atoms with Crippen molar-refractivity contribution in [3.63, 3.8) is 0 Å². The summed E-state index contributed by atoms with van der Waals surface area (Å²) >= 11 is 0. The zero-order chi connectivity index (χ0) is 15.9. The topological polar surface area (TPSA) is 24.9 Å². The zero-order valence-electron chi connectivity index (χ0n) is 13.5. The van der Waals surface area contributed by atoms with E-state index in [2.05, 4.69) is 40.4 Å². The first kappa shape index (κ1) is 15.7. The van der Waals surface area contributed by atoms with Gasteiger partial charge < -0.3 is 9.47 Å². The molecule has 1 aromatic carbocycles. The molecule has 0 saturated carbocycles. The van der Waals surface area contributed by atoms with Crippen LogP contribution >= 0.6 is 0 Å². The van der Waals surface area contributed by atoms with Crippen LogP contribution in [0.3, 0.4) is 0 Å². The second kappa shape index (κ2) is 7.92. The number of hydrogen-bond acceptors (Lipinski definition) is 4. The summed E-state index contributed by atoms with van der Waals surface area (Å²) in [5.41, 5.74) is 0. The molecule has 0 spiro atoms. The van der Waals surface area contributed by atoms with Gasteiger partial charge in [-0.2, -0.15) is 0 Å². The predicted octanol–water partition coefficient (Wildman–Crippen LogP) is 1.47.